The first-order valence-electron chi connectivity index (χ1n) is 7.28. The zero-order valence-corrected chi connectivity index (χ0v) is 14.7. The summed E-state index contributed by atoms with van der Waals surface area (Å²) in [4.78, 5) is 22.2. The highest BCUT2D eigenvalue weighted by Gasteiger charge is 2.11. The molecule has 1 N–H and O–H groups in total. The van der Waals surface area contributed by atoms with Gasteiger partial charge in [-0.25, -0.2) is 4.39 Å². The van der Waals surface area contributed by atoms with Crippen molar-refractivity contribution in [1.82, 2.24) is 10.2 Å². The Morgan fingerprint density at radius 1 is 1.15 bits per heavy atom. The molecular weight excluding hydrogens is 379 g/mol. The predicted molar refractivity (Wildman–Crippen MR) is 96.9 cm³/mol. The molecule has 3 aromatic rings. The number of thioether (sulfide) groups is 1. The number of hydrogen-bond acceptors (Lipinski definition) is 7. The van der Waals surface area contributed by atoms with Crippen molar-refractivity contribution >= 4 is 39.8 Å². The molecule has 0 unspecified atom stereocenters. The van der Waals surface area contributed by atoms with Gasteiger partial charge in [-0.15, -0.1) is 10.2 Å². The zero-order chi connectivity index (χ0) is 18.5. The SMILES string of the molecule is O=C(Nc1nnc(SCc2ccc([N+](=O)[O-])cc2)s1)c1ccc(F)cc1. The molecule has 0 spiro atoms. The largest absolute Gasteiger partial charge is 0.296 e. The van der Waals surface area contributed by atoms with Crippen molar-refractivity contribution in [3.05, 3.63) is 75.6 Å². The molecule has 0 radical (unpaired) electrons. The van der Waals surface area contributed by atoms with Crippen LogP contribution >= 0.6 is 23.1 Å². The molecule has 0 bridgehead atoms. The van der Waals surface area contributed by atoms with Crippen molar-refractivity contribution in [1.29, 1.82) is 0 Å². The third kappa shape index (κ3) is 4.61. The number of benzene rings is 2. The minimum atomic E-state index is -0.447. The average molecular weight is 390 g/mol. The Morgan fingerprint density at radius 2 is 1.85 bits per heavy atom. The van der Waals surface area contributed by atoms with Crippen LogP contribution in [-0.2, 0) is 5.75 Å². The summed E-state index contributed by atoms with van der Waals surface area (Å²) in [6, 6.07) is 11.5. The average Bonchev–Trinajstić information content (AvgIpc) is 3.08. The first-order chi connectivity index (χ1) is 12.5. The van der Waals surface area contributed by atoms with Gasteiger partial charge in [0.15, 0.2) is 4.34 Å². The van der Waals surface area contributed by atoms with Crippen molar-refractivity contribution in [3.8, 4) is 0 Å². The lowest BCUT2D eigenvalue weighted by Crippen LogP contribution is -2.11. The number of aromatic nitrogens is 2. The quantitative estimate of drug-likeness (QED) is 0.294. The first-order valence-corrected chi connectivity index (χ1v) is 9.08. The number of nitro groups is 1. The Labute approximate surface area is 155 Å². The van der Waals surface area contributed by atoms with E-state index in [1.807, 2.05) is 0 Å². The summed E-state index contributed by atoms with van der Waals surface area (Å²) < 4.78 is 13.5. The molecule has 132 valence electrons. The second-order valence-corrected chi connectivity index (χ2v) is 7.25. The Balaban J connectivity index is 1.56. The van der Waals surface area contributed by atoms with E-state index < -0.39 is 16.6 Å². The molecule has 1 aromatic heterocycles. The monoisotopic (exact) mass is 390 g/mol. The van der Waals surface area contributed by atoms with Crippen LogP contribution in [0.25, 0.3) is 0 Å². The Morgan fingerprint density at radius 3 is 2.50 bits per heavy atom. The molecule has 0 atom stereocenters. The number of amides is 1. The molecule has 0 aliphatic carbocycles. The van der Waals surface area contributed by atoms with Crippen molar-refractivity contribution < 1.29 is 14.1 Å². The van der Waals surface area contributed by atoms with E-state index >= 15 is 0 Å². The van der Waals surface area contributed by atoms with Crippen molar-refractivity contribution in [2.24, 2.45) is 0 Å². The second-order valence-electron chi connectivity index (χ2n) is 5.05. The van der Waals surface area contributed by atoms with E-state index in [4.69, 9.17) is 0 Å². The first kappa shape index (κ1) is 18.0. The number of anilines is 1. The summed E-state index contributed by atoms with van der Waals surface area (Å²) in [6.45, 7) is 0. The molecule has 2 aromatic carbocycles. The Bertz CT molecular complexity index is 929. The van der Waals surface area contributed by atoms with Gasteiger partial charge in [-0.3, -0.25) is 20.2 Å². The number of nitro benzene ring substituents is 1. The molecule has 10 heteroatoms. The fourth-order valence-corrected chi connectivity index (χ4v) is 3.65. The summed E-state index contributed by atoms with van der Waals surface area (Å²) in [5.41, 5.74) is 1.27. The summed E-state index contributed by atoms with van der Waals surface area (Å²) >= 11 is 2.62. The number of non-ortho nitro benzene ring substituents is 1. The lowest BCUT2D eigenvalue weighted by molar-refractivity contribution is -0.384. The van der Waals surface area contributed by atoms with Crippen molar-refractivity contribution in [2.45, 2.75) is 10.1 Å². The lowest BCUT2D eigenvalue weighted by Gasteiger charge is -2.00. The van der Waals surface area contributed by atoms with Gasteiger partial charge in [0, 0.05) is 23.4 Å². The molecule has 1 heterocycles. The van der Waals surface area contributed by atoms with Crippen LogP contribution in [-0.4, -0.2) is 21.0 Å². The van der Waals surface area contributed by atoms with Crippen LogP contribution in [0, 0.1) is 15.9 Å². The van der Waals surface area contributed by atoms with Gasteiger partial charge in [-0.05, 0) is 29.8 Å². The van der Waals surface area contributed by atoms with Gasteiger partial charge in [-0.1, -0.05) is 35.2 Å². The van der Waals surface area contributed by atoms with Gasteiger partial charge in [-0.2, -0.15) is 0 Å². The minimum absolute atomic E-state index is 0.0421. The maximum absolute atomic E-state index is 12.9. The second kappa shape index (κ2) is 8.02. The number of carbonyl (C=O) groups excluding carboxylic acids is 1. The number of hydrogen-bond donors (Lipinski definition) is 1. The van der Waals surface area contributed by atoms with Gasteiger partial charge in [0.1, 0.15) is 5.82 Å². The predicted octanol–water partition coefficient (Wildman–Crippen LogP) is 4.13. The van der Waals surface area contributed by atoms with E-state index in [9.17, 15) is 19.3 Å². The van der Waals surface area contributed by atoms with Crippen LogP contribution in [0.15, 0.2) is 52.9 Å². The van der Waals surface area contributed by atoms with Crippen LogP contribution in [0.1, 0.15) is 15.9 Å². The number of halogens is 1. The lowest BCUT2D eigenvalue weighted by atomic mass is 10.2. The Kier molecular flexibility index (Phi) is 5.54. The van der Waals surface area contributed by atoms with E-state index in [0.29, 0.717) is 20.8 Å². The topological polar surface area (TPSA) is 98.0 Å². The molecule has 3 rings (SSSR count). The standard InChI is InChI=1S/C16H11FN4O3S2/c17-12-5-3-11(4-6-12)14(22)18-15-19-20-16(26-15)25-9-10-1-7-13(8-2-10)21(23)24/h1-8H,9H2,(H,18,19,22). The van der Waals surface area contributed by atoms with E-state index in [-0.39, 0.29) is 5.69 Å². The van der Waals surface area contributed by atoms with Gasteiger partial charge in [0.2, 0.25) is 5.13 Å². The molecule has 0 aliphatic rings. The molecule has 0 fully saturated rings. The fraction of sp³-hybridized carbons (Fsp3) is 0.0625. The number of rotatable bonds is 6. The molecule has 1 amide bonds. The highest BCUT2D eigenvalue weighted by Crippen LogP contribution is 2.29. The van der Waals surface area contributed by atoms with E-state index in [1.54, 1.807) is 12.1 Å². The summed E-state index contributed by atoms with van der Waals surface area (Å²) in [5, 5.41) is 21.5. The highest BCUT2D eigenvalue weighted by atomic mass is 32.2. The molecular formula is C16H11FN4O3S2. The smallest absolute Gasteiger partial charge is 0.269 e. The summed E-state index contributed by atoms with van der Waals surface area (Å²) in [5.74, 6) is -0.242. The van der Waals surface area contributed by atoms with Crippen LogP contribution in [0.3, 0.4) is 0 Å². The van der Waals surface area contributed by atoms with E-state index in [1.165, 1.54) is 59.5 Å². The maximum Gasteiger partial charge on any atom is 0.269 e. The summed E-state index contributed by atoms with van der Waals surface area (Å²) in [7, 11) is 0. The van der Waals surface area contributed by atoms with Gasteiger partial charge < -0.3 is 0 Å². The minimum Gasteiger partial charge on any atom is -0.296 e. The van der Waals surface area contributed by atoms with E-state index in [2.05, 4.69) is 15.5 Å². The van der Waals surface area contributed by atoms with Gasteiger partial charge >= 0.3 is 0 Å². The van der Waals surface area contributed by atoms with Crippen LogP contribution in [0.4, 0.5) is 15.2 Å². The molecule has 0 saturated carbocycles. The third-order valence-corrected chi connectivity index (χ3v) is 5.29. The molecule has 7 nitrogen and oxygen atoms in total. The summed E-state index contributed by atoms with van der Waals surface area (Å²) in [6.07, 6.45) is 0. The van der Waals surface area contributed by atoms with Crippen LogP contribution in [0.5, 0.6) is 0 Å². The molecule has 0 aliphatic heterocycles. The zero-order valence-electron chi connectivity index (χ0n) is 13.1. The van der Waals surface area contributed by atoms with Crippen LogP contribution < -0.4 is 5.32 Å². The highest BCUT2D eigenvalue weighted by molar-refractivity contribution is 8.00. The van der Waals surface area contributed by atoms with E-state index in [0.717, 1.165) is 5.56 Å². The van der Waals surface area contributed by atoms with Gasteiger partial charge in [0.05, 0.1) is 4.92 Å². The third-order valence-electron chi connectivity index (χ3n) is 3.24. The molecule has 0 saturated heterocycles. The van der Waals surface area contributed by atoms with Crippen LogP contribution in [0.2, 0.25) is 0 Å². The van der Waals surface area contributed by atoms with Crippen molar-refractivity contribution in [2.75, 3.05) is 5.32 Å². The van der Waals surface area contributed by atoms with Gasteiger partial charge in [0.25, 0.3) is 11.6 Å². The Hall–Kier alpha value is -2.85. The van der Waals surface area contributed by atoms with Crippen molar-refractivity contribution in [3.63, 3.8) is 0 Å². The maximum atomic E-state index is 12.9. The fourth-order valence-electron chi connectivity index (χ4n) is 1.95. The number of carbonyl (C=O) groups is 1. The number of nitrogens with zero attached hydrogens (tertiary/aromatic N) is 3. The molecule has 26 heavy (non-hydrogen) atoms. The normalized spacial score (nSPS) is 10.5. The number of nitrogens with one attached hydrogen (secondary N) is 1.